The number of likely N-dealkylation sites (tertiary alicyclic amines) is 1. The molecule has 7 heteroatoms. The summed E-state index contributed by atoms with van der Waals surface area (Å²) < 4.78 is 13.3. The Labute approximate surface area is 127 Å². The van der Waals surface area contributed by atoms with Gasteiger partial charge in [-0.1, -0.05) is 0 Å². The molecule has 2 atom stereocenters. The maximum atomic E-state index is 13.3. The van der Waals surface area contributed by atoms with Crippen LogP contribution in [0, 0.1) is 17.1 Å². The van der Waals surface area contributed by atoms with Crippen LogP contribution in [-0.4, -0.2) is 47.1 Å². The molecule has 1 aromatic rings. The second-order valence-electron chi connectivity index (χ2n) is 5.24. The van der Waals surface area contributed by atoms with Crippen LogP contribution in [0.3, 0.4) is 0 Å². The maximum absolute atomic E-state index is 13.3. The fourth-order valence-corrected chi connectivity index (χ4v) is 2.42. The zero-order valence-corrected chi connectivity index (χ0v) is 12.0. The van der Waals surface area contributed by atoms with Crippen LogP contribution < -0.4 is 5.32 Å². The maximum Gasteiger partial charge on any atom is 0.251 e. The normalized spacial score (nSPS) is 21.1. The molecule has 116 valence electrons. The quantitative estimate of drug-likeness (QED) is 0.827. The number of halogens is 1. The van der Waals surface area contributed by atoms with Crippen molar-refractivity contribution in [1.82, 2.24) is 10.2 Å². The van der Waals surface area contributed by atoms with E-state index in [1.165, 1.54) is 17.9 Å². The van der Waals surface area contributed by atoms with E-state index in [4.69, 9.17) is 5.26 Å². The number of nitrogens with one attached hydrogen (secondary N) is 1. The molecule has 1 aliphatic rings. The standard InChI is InChI=1S/C15H16FN3O3/c1-9(20)19-3-2-13(14(21)8-19)18-15(22)11-4-10(7-17)5-12(16)6-11/h4-6,13-14,21H,2-3,8H2,1H3,(H,18,22)/t13-,14-/m1/s1. The smallest absolute Gasteiger partial charge is 0.251 e. The molecule has 1 fully saturated rings. The predicted molar refractivity (Wildman–Crippen MR) is 75.2 cm³/mol. The van der Waals surface area contributed by atoms with E-state index in [2.05, 4.69) is 5.32 Å². The van der Waals surface area contributed by atoms with Gasteiger partial charge in [-0.15, -0.1) is 0 Å². The number of carbonyl (C=O) groups excluding carboxylic acids is 2. The van der Waals surface area contributed by atoms with Gasteiger partial charge < -0.3 is 15.3 Å². The number of nitrogens with zero attached hydrogens (tertiary/aromatic N) is 2. The molecule has 0 aromatic heterocycles. The highest BCUT2D eigenvalue weighted by atomic mass is 19.1. The molecule has 1 aliphatic heterocycles. The summed E-state index contributed by atoms with van der Waals surface area (Å²) in [5.41, 5.74) is 0.0786. The van der Waals surface area contributed by atoms with Gasteiger partial charge in [0.15, 0.2) is 0 Å². The van der Waals surface area contributed by atoms with Crippen LogP contribution in [-0.2, 0) is 4.79 Å². The molecule has 6 nitrogen and oxygen atoms in total. The fraction of sp³-hybridized carbons (Fsp3) is 0.400. The molecular formula is C15H16FN3O3. The third-order valence-corrected chi connectivity index (χ3v) is 3.63. The monoisotopic (exact) mass is 305 g/mol. The van der Waals surface area contributed by atoms with E-state index in [9.17, 15) is 19.1 Å². The van der Waals surface area contributed by atoms with Crippen molar-refractivity contribution in [3.8, 4) is 6.07 Å². The third-order valence-electron chi connectivity index (χ3n) is 3.63. The Morgan fingerprint density at radius 3 is 2.77 bits per heavy atom. The molecule has 0 radical (unpaired) electrons. The van der Waals surface area contributed by atoms with E-state index < -0.39 is 23.9 Å². The van der Waals surface area contributed by atoms with E-state index in [1.807, 2.05) is 0 Å². The van der Waals surface area contributed by atoms with Crippen LogP contribution in [0.4, 0.5) is 4.39 Å². The third kappa shape index (κ3) is 3.59. The van der Waals surface area contributed by atoms with Crippen LogP contribution in [0.2, 0.25) is 0 Å². The first-order valence-electron chi connectivity index (χ1n) is 6.86. The molecule has 0 bridgehead atoms. The van der Waals surface area contributed by atoms with Crippen molar-refractivity contribution in [2.45, 2.75) is 25.5 Å². The minimum atomic E-state index is -0.884. The summed E-state index contributed by atoms with van der Waals surface area (Å²) >= 11 is 0. The number of hydrogen-bond acceptors (Lipinski definition) is 4. The van der Waals surface area contributed by atoms with Crippen LogP contribution in [0.25, 0.3) is 0 Å². The molecule has 1 aromatic carbocycles. The lowest BCUT2D eigenvalue weighted by atomic mass is 10.0. The molecule has 2 N–H and O–H groups in total. The van der Waals surface area contributed by atoms with Gasteiger partial charge in [0.25, 0.3) is 5.91 Å². The highest BCUT2D eigenvalue weighted by Crippen LogP contribution is 2.14. The number of piperidine rings is 1. The Morgan fingerprint density at radius 1 is 1.45 bits per heavy atom. The van der Waals surface area contributed by atoms with Crippen molar-refractivity contribution >= 4 is 11.8 Å². The summed E-state index contributed by atoms with van der Waals surface area (Å²) in [6.07, 6.45) is -0.474. The summed E-state index contributed by atoms with van der Waals surface area (Å²) in [5.74, 6) is -1.36. The minimum Gasteiger partial charge on any atom is -0.389 e. The lowest BCUT2D eigenvalue weighted by Crippen LogP contribution is -2.55. The summed E-state index contributed by atoms with van der Waals surface area (Å²) in [4.78, 5) is 24.9. The van der Waals surface area contributed by atoms with Gasteiger partial charge in [-0.05, 0) is 24.6 Å². The summed E-state index contributed by atoms with van der Waals surface area (Å²) in [5, 5.41) is 21.4. The Balaban J connectivity index is 2.05. The van der Waals surface area contributed by atoms with Gasteiger partial charge in [0.1, 0.15) is 5.82 Å². The first-order valence-corrected chi connectivity index (χ1v) is 6.86. The number of rotatable bonds is 2. The lowest BCUT2D eigenvalue weighted by molar-refractivity contribution is -0.132. The Morgan fingerprint density at radius 2 is 2.18 bits per heavy atom. The van der Waals surface area contributed by atoms with Crippen LogP contribution in [0.15, 0.2) is 18.2 Å². The molecule has 0 aliphatic carbocycles. The number of aliphatic hydroxyl groups excluding tert-OH is 1. The van der Waals surface area contributed by atoms with E-state index in [-0.39, 0.29) is 23.6 Å². The van der Waals surface area contributed by atoms with Crippen molar-refractivity contribution in [2.75, 3.05) is 13.1 Å². The van der Waals surface area contributed by atoms with Gasteiger partial charge in [-0.3, -0.25) is 9.59 Å². The summed E-state index contributed by atoms with van der Waals surface area (Å²) in [6, 6.07) is 4.62. The summed E-state index contributed by atoms with van der Waals surface area (Å²) in [7, 11) is 0. The van der Waals surface area contributed by atoms with Crippen molar-refractivity contribution in [1.29, 1.82) is 5.26 Å². The molecule has 2 amide bonds. The van der Waals surface area contributed by atoms with Crippen LogP contribution in [0.5, 0.6) is 0 Å². The van der Waals surface area contributed by atoms with Gasteiger partial charge in [0, 0.05) is 25.6 Å². The SMILES string of the molecule is CC(=O)N1CC[C@@H](NC(=O)c2cc(F)cc(C#N)c2)[C@H](O)C1. The van der Waals surface area contributed by atoms with Crippen molar-refractivity contribution in [3.63, 3.8) is 0 Å². The predicted octanol–water partition coefficient (Wildman–Crippen LogP) is 0.409. The zero-order valence-electron chi connectivity index (χ0n) is 12.0. The molecule has 2 rings (SSSR count). The molecular weight excluding hydrogens is 289 g/mol. The van der Waals surface area contributed by atoms with Crippen LogP contribution >= 0.6 is 0 Å². The van der Waals surface area contributed by atoms with Crippen molar-refractivity contribution in [3.05, 3.63) is 35.1 Å². The number of aliphatic hydroxyl groups is 1. The van der Waals surface area contributed by atoms with Crippen molar-refractivity contribution < 1.29 is 19.1 Å². The molecule has 1 saturated heterocycles. The van der Waals surface area contributed by atoms with Crippen molar-refractivity contribution in [2.24, 2.45) is 0 Å². The number of hydrogen-bond donors (Lipinski definition) is 2. The average molecular weight is 305 g/mol. The molecule has 0 spiro atoms. The minimum absolute atomic E-state index is 0.0257. The second-order valence-corrected chi connectivity index (χ2v) is 5.24. The van der Waals surface area contributed by atoms with Gasteiger partial charge in [-0.2, -0.15) is 5.26 Å². The average Bonchev–Trinajstić information content (AvgIpc) is 2.48. The largest absolute Gasteiger partial charge is 0.389 e. The number of amides is 2. The highest BCUT2D eigenvalue weighted by molar-refractivity contribution is 5.94. The zero-order chi connectivity index (χ0) is 16.3. The lowest BCUT2D eigenvalue weighted by Gasteiger charge is -2.35. The Hall–Kier alpha value is -2.46. The first kappa shape index (κ1) is 15.9. The van der Waals surface area contributed by atoms with E-state index in [0.29, 0.717) is 13.0 Å². The topological polar surface area (TPSA) is 93.4 Å². The number of carbonyl (C=O) groups is 2. The van der Waals surface area contributed by atoms with Gasteiger partial charge in [0.2, 0.25) is 5.91 Å². The molecule has 1 heterocycles. The van der Waals surface area contributed by atoms with Gasteiger partial charge in [0.05, 0.1) is 23.8 Å². The number of nitriles is 1. The fourth-order valence-electron chi connectivity index (χ4n) is 2.42. The van der Waals surface area contributed by atoms with Crippen LogP contribution in [0.1, 0.15) is 29.3 Å². The van der Waals surface area contributed by atoms with E-state index in [1.54, 1.807) is 6.07 Å². The van der Waals surface area contributed by atoms with Gasteiger partial charge in [-0.25, -0.2) is 4.39 Å². The second kappa shape index (κ2) is 6.54. The van der Waals surface area contributed by atoms with E-state index >= 15 is 0 Å². The molecule has 0 saturated carbocycles. The number of benzene rings is 1. The first-order chi connectivity index (χ1) is 10.4. The number of β-amino-alcohol motifs (C(OH)–C–C–N with tert-alkyl or cyclic N) is 1. The summed E-state index contributed by atoms with van der Waals surface area (Å²) in [6.45, 7) is 2.00. The van der Waals surface area contributed by atoms with E-state index in [0.717, 1.165) is 12.1 Å². The highest BCUT2D eigenvalue weighted by Gasteiger charge is 2.30. The molecule has 0 unspecified atom stereocenters. The molecule has 22 heavy (non-hydrogen) atoms. The van der Waals surface area contributed by atoms with Gasteiger partial charge >= 0.3 is 0 Å². The Kier molecular flexibility index (Phi) is 4.73. The Bertz CT molecular complexity index is 641.